The van der Waals surface area contributed by atoms with E-state index in [1.807, 2.05) is 28.9 Å². The third kappa shape index (κ3) is 2.23. The van der Waals surface area contributed by atoms with E-state index in [9.17, 15) is 0 Å². The van der Waals surface area contributed by atoms with Crippen LogP contribution in [0.15, 0.2) is 34.5 Å². The maximum Gasteiger partial charge on any atom is 0.212 e. The molecule has 0 spiro atoms. The van der Waals surface area contributed by atoms with E-state index in [1.54, 1.807) is 18.9 Å². The predicted octanol–water partition coefficient (Wildman–Crippen LogP) is 2.21. The first-order valence-electron chi connectivity index (χ1n) is 6.11. The van der Waals surface area contributed by atoms with Crippen molar-refractivity contribution in [3.8, 4) is 5.75 Å². The van der Waals surface area contributed by atoms with Crippen molar-refractivity contribution < 1.29 is 4.74 Å². The number of benzene rings is 1. The van der Waals surface area contributed by atoms with E-state index in [0.717, 1.165) is 40.2 Å². The van der Waals surface area contributed by atoms with Crippen LogP contribution in [0.2, 0.25) is 0 Å². The highest BCUT2D eigenvalue weighted by Gasteiger charge is 2.18. The number of aromatic nitrogens is 3. The molecule has 0 bridgehead atoms. The van der Waals surface area contributed by atoms with Crippen LogP contribution in [-0.2, 0) is 6.42 Å². The van der Waals surface area contributed by atoms with Crippen LogP contribution in [0, 0.1) is 0 Å². The van der Waals surface area contributed by atoms with Crippen molar-refractivity contribution in [2.75, 3.05) is 12.9 Å². The summed E-state index contributed by atoms with van der Waals surface area (Å²) in [4.78, 5) is 0. The van der Waals surface area contributed by atoms with Crippen molar-refractivity contribution >= 4 is 17.5 Å². The van der Waals surface area contributed by atoms with Gasteiger partial charge in [-0.1, -0.05) is 30.8 Å². The molecule has 5 nitrogen and oxygen atoms in total. The average Bonchev–Trinajstić information content (AvgIpc) is 2.89. The highest BCUT2D eigenvalue weighted by molar-refractivity contribution is 7.99. The number of thioether (sulfide) groups is 1. The third-order valence-electron chi connectivity index (χ3n) is 2.95. The molecular formula is C13H14N4OS. The summed E-state index contributed by atoms with van der Waals surface area (Å²) in [6.45, 7) is 2.05. The Bertz CT molecular complexity index is 635. The second-order valence-electron chi connectivity index (χ2n) is 4.13. The summed E-state index contributed by atoms with van der Waals surface area (Å²) >= 11 is 1.66. The molecular weight excluding hydrogens is 260 g/mol. The van der Waals surface area contributed by atoms with Gasteiger partial charge in [-0.2, -0.15) is 9.78 Å². The van der Waals surface area contributed by atoms with Gasteiger partial charge in [-0.25, -0.2) is 0 Å². The minimum atomic E-state index is 0.801. The first-order chi connectivity index (χ1) is 9.31. The number of rotatable bonds is 3. The minimum absolute atomic E-state index is 0.801. The first-order valence-corrected chi connectivity index (χ1v) is 7.09. The first kappa shape index (κ1) is 12.2. The molecule has 0 atom stereocenters. The molecule has 0 saturated heterocycles. The lowest BCUT2D eigenvalue weighted by Gasteiger charge is -2.14. The SMILES string of the molecule is CCc1nnc2n1N=C(c1cccc(OC)c1)CS2. The van der Waals surface area contributed by atoms with Crippen LogP contribution in [0.3, 0.4) is 0 Å². The Morgan fingerprint density at radius 1 is 1.37 bits per heavy atom. The second-order valence-corrected chi connectivity index (χ2v) is 5.07. The van der Waals surface area contributed by atoms with Crippen molar-refractivity contribution in [1.29, 1.82) is 0 Å². The highest BCUT2D eigenvalue weighted by atomic mass is 32.2. The number of methoxy groups -OCH3 is 1. The summed E-state index contributed by atoms with van der Waals surface area (Å²) in [6, 6.07) is 7.95. The Kier molecular flexibility index (Phi) is 3.25. The van der Waals surface area contributed by atoms with Gasteiger partial charge in [0.2, 0.25) is 5.16 Å². The molecule has 98 valence electrons. The zero-order chi connectivity index (χ0) is 13.2. The summed E-state index contributed by atoms with van der Waals surface area (Å²) < 4.78 is 7.09. The van der Waals surface area contributed by atoms with E-state index in [4.69, 9.17) is 4.74 Å². The summed E-state index contributed by atoms with van der Waals surface area (Å²) in [5.41, 5.74) is 2.10. The van der Waals surface area contributed by atoms with E-state index < -0.39 is 0 Å². The Morgan fingerprint density at radius 3 is 3.05 bits per heavy atom. The van der Waals surface area contributed by atoms with E-state index in [1.165, 1.54) is 0 Å². The fourth-order valence-electron chi connectivity index (χ4n) is 1.93. The number of nitrogens with zero attached hydrogens (tertiary/aromatic N) is 4. The van der Waals surface area contributed by atoms with Crippen molar-refractivity contribution in [1.82, 2.24) is 14.9 Å². The molecule has 2 heterocycles. The number of hydrogen-bond donors (Lipinski definition) is 0. The summed E-state index contributed by atoms with van der Waals surface area (Å²) in [5.74, 6) is 2.53. The van der Waals surface area contributed by atoms with Crippen LogP contribution in [0.1, 0.15) is 18.3 Å². The van der Waals surface area contributed by atoms with Crippen molar-refractivity contribution in [2.45, 2.75) is 18.5 Å². The number of fused-ring (bicyclic) bond motifs is 1. The smallest absolute Gasteiger partial charge is 0.212 e. The molecule has 2 aromatic rings. The van der Waals surface area contributed by atoms with Gasteiger partial charge >= 0.3 is 0 Å². The molecule has 1 aromatic carbocycles. The van der Waals surface area contributed by atoms with Gasteiger partial charge in [0.25, 0.3) is 0 Å². The molecule has 0 N–H and O–H groups in total. The lowest BCUT2D eigenvalue weighted by Crippen LogP contribution is -2.14. The third-order valence-corrected chi connectivity index (χ3v) is 3.89. The van der Waals surface area contributed by atoms with Crippen molar-refractivity contribution in [2.24, 2.45) is 5.10 Å². The molecule has 3 rings (SSSR count). The number of ether oxygens (including phenoxy) is 1. The second kappa shape index (κ2) is 5.05. The fourth-order valence-corrected chi connectivity index (χ4v) is 2.79. The van der Waals surface area contributed by atoms with E-state index in [2.05, 4.69) is 22.2 Å². The normalized spacial score (nSPS) is 13.9. The standard InChI is InChI=1S/C13H14N4OS/c1-3-12-14-15-13-17(12)16-11(8-19-13)9-5-4-6-10(7-9)18-2/h4-7H,3,8H2,1-2H3. The molecule has 0 unspecified atom stereocenters. The summed E-state index contributed by atoms with van der Waals surface area (Å²) in [7, 11) is 1.67. The zero-order valence-corrected chi connectivity index (χ0v) is 11.6. The summed E-state index contributed by atoms with van der Waals surface area (Å²) in [6.07, 6.45) is 0.822. The monoisotopic (exact) mass is 274 g/mol. The van der Waals surface area contributed by atoms with Gasteiger partial charge < -0.3 is 4.74 Å². The van der Waals surface area contributed by atoms with Crippen LogP contribution in [-0.4, -0.2) is 33.4 Å². The summed E-state index contributed by atoms with van der Waals surface area (Å²) in [5, 5.41) is 13.8. The lowest BCUT2D eigenvalue weighted by molar-refractivity contribution is 0.414. The Morgan fingerprint density at radius 2 is 2.26 bits per heavy atom. The fraction of sp³-hybridized carbons (Fsp3) is 0.308. The number of aryl methyl sites for hydroxylation is 1. The van der Waals surface area contributed by atoms with E-state index in [0.29, 0.717) is 0 Å². The van der Waals surface area contributed by atoms with Gasteiger partial charge in [0.1, 0.15) is 5.75 Å². The van der Waals surface area contributed by atoms with Gasteiger partial charge in [-0.05, 0) is 12.1 Å². The van der Waals surface area contributed by atoms with E-state index >= 15 is 0 Å². The molecule has 0 radical (unpaired) electrons. The Hall–Kier alpha value is -1.82. The van der Waals surface area contributed by atoms with Crippen molar-refractivity contribution in [3.05, 3.63) is 35.7 Å². The largest absolute Gasteiger partial charge is 0.497 e. The maximum absolute atomic E-state index is 5.25. The van der Waals surface area contributed by atoms with Gasteiger partial charge in [0.15, 0.2) is 5.82 Å². The van der Waals surface area contributed by atoms with Crippen LogP contribution in [0.4, 0.5) is 0 Å². The van der Waals surface area contributed by atoms with Crippen molar-refractivity contribution in [3.63, 3.8) is 0 Å². The molecule has 19 heavy (non-hydrogen) atoms. The molecule has 1 aliphatic heterocycles. The molecule has 0 amide bonds. The van der Waals surface area contributed by atoms with Crippen LogP contribution in [0.25, 0.3) is 0 Å². The van der Waals surface area contributed by atoms with Crippen LogP contribution in [0.5, 0.6) is 5.75 Å². The molecule has 1 aliphatic rings. The predicted molar refractivity (Wildman–Crippen MR) is 75.1 cm³/mol. The zero-order valence-electron chi connectivity index (χ0n) is 10.8. The topological polar surface area (TPSA) is 52.3 Å². The molecule has 1 aromatic heterocycles. The Balaban J connectivity index is 2.02. The minimum Gasteiger partial charge on any atom is -0.497 e. The average molecular weight is 274 g/mol. The van der Waals surface area contributed by atoms with Gasteiger partial charge in [0, 0.05) is 17.7 Å². The Labute approximate surface area is 115 Å². The maximum atomic E-state index is 5.25. The quantitative estimate of drug-likeness (QED) is 0.861. The van der Waals surface area contributed by atoms with Gasteiger partial charge in [-0.15, -0.1) is 10.2 Å². The highest BCUT2D eigenvalue weighted by Crippen LogP contribution is 2.25. The van der Waals surface area contributed by atoms with E-state index in [-0.39, 0.29) is 0 Å². The number of hydrogen-bond acceptors (Lipinski definition) is 5. The molecule has 0 aliphatic carbocycles. The molecule has 0 fully saturated rings. The van der Waals surface area contributed by atoms with Gasteiger partial charge in [0.05, 0.1) is 12.8 Å². The molecule has 0 saturated carbocycles. The van der Waals surface area contributed by atoms with Gasteiger partial charge in [-0.3, -0.25) is 0 Å². The van der Waals surface area contributed by atoms with Crippen LogP contribution < -0.4 is 4.74 Å². The van der Waals surface area contributed by atoms with Crippen LogP contribution >= 0.6 is 11.8 Å². The lowest BCUT2D eigenvalue weighted by atomic mass is 10.1. The molecule has 6 heteroatoms.